The monoisotopic (exact) mass is 390 g/mol. The van der Waals surface area contributed by atoms with Gasteiger partial charge in [0.15, 0.2) is 0 Å². The molecule has 0 radical (unpaired) electrons. The highest BCUT2D eigenvalue weighted by atomic mass is 28.4. The number of rotatable bonds is 11. The first-order chi connectivity index (χ1) is 12.0. The van der Waals surface area contributed by atoms with Gasteiger partial charge in [0, 0.05) is 54.7 Å². The summed E-state index contributed by atoms with van der Waals surface area (Å²) in [4.78, 5) is 0. The van der Waals surface area contributed by atoms with E-state index in [1.807, 2.05) is 18.2 Å². The van der Waals surface area contributed by atoms with Crippen LogP contribution in [0.3, 0.4) is 0 Å². The fourth-order valence-corrected chi connectivity index (χ4v) is 5.79. The molecule has 1 rings (SSSR count). The van der Waals surface area contributed by atoms with E-state index in [0.29, 0.717) is 0 Å². The Morgan fingerprint density at radius 1 is 0.640 bits per heavy atom. The summed E-state index contributed by atoms with van der Waals surface area (Å²) in [5, 5.41) is 0. The normalized spacial score (nSPS) is 11.8. The van der Waals surface area contributed by atoms with E-state index in [0.717, 1.165) is 24.9 Å². The number of aryl methyl sites for hydroxylation is 1. The highest BCUT2D eigenvalue weighted by Gasteiger charge is 2.37. The quantitative estimate of drug-likeness (QED) is 0.540. The molecule has 0 bridgehead atoms. The van der Waals surface area contributed by atoms with E-state index in [4.69, 9.17) is 26.6 Å². The first kappa shape index (κ1) is 24.4. The Morgan fingerprint density at radius 2 is 1.04 bits per heavy atom. The standard InChI is InChI=1S/C11H18O3Si.C6H16O3Si/c1-12-15(13-2,14-3)10-9-11-7-5-4-6-8-11;1-5-6-10(7-2,8-3)9-4/h4-8H,9-10H2,1-3H3;5-6H2,1-4H3. The number of benzene rings is 1. The van der Waals surface area contributed by atoms with Gasteiger partial charge in [0.1, 0.15) is 0 Å². The van der Waals surface area contributed by atoms with Gasteiger partial charge in [-0.2, -0.15) is 0 Å². The maximum atomic E-state index is 5.35. The van der Waals surface area contributed by atoms with Gasteiger partial charge in [0.25, 0.3) is 0 Å². The number of hydrogen-bond donors (Lipinski definition) is 0. The van der Waals surface area contributed by atoms with Crippen LogP contribution in [0.2, 0.25) is 12.1 Å². The molecule has 0 unspecified atom stereocenters. The smallest absolute Gasteiger partial charge is 0.377 e. The average Bonchev–Trinajstić information content (AvgIpc) is 2.69. The maximum absolute atomic E-state index is 5.35. The highest BCUT2D eigenvalue weighted by Crippen LogP contribution is 2.16. The molecule has 1 aromatic rings. The van der Waals surface area contributed by atoms with Crippen LogP contribution in [0, 0.1) is 0 Å². The largest absolute Gasteiger partial charge is 0.500 e. The minimum Gasteiger partial charge on any atom is -0.377 e. The minimum atomic E-state index is -2.40. The third-order valence-electron chi connectivity index (χ3n) is 3.98. The topological polar surface area (TPSA) is 55.4 Å². The van der Waals surface area contributed by atoms with Gasteiger partial charge in [-0.3, -0.25) is 0 Å². The van der Waals surface area contributed by atoms with Crippen molar-refractivity contribution in [2.45, 2.75) is 31.9 Å². The summed E-state index contributed by atoms with van der Waals surface area (Å²) in [6, 6.07) is 12.0. The van der Waals surface area contributed by atoms with Crippen molar-refractivity contribution in [2.75, 3.05) is 42.7 Å². The lowest BCUT2D eigenvalue weighted by atomic mass is 10.2. The summed E-state index contributed by atoms with van der Waals surface area (Å²) in [5.74, 6) is 0. The SMILES string of the molecule is CCC[Si](OC)(OC)OC.CO[Si](CCc1ccccc1)(OC)OC. The molecule has 0 saturated heterocycles. The van der Waals surface area contributed by atoms with E-state index in [-0.39, 0.29) is 0 Å². The summed E-state index contributed by atoms with van der Waals surface area (Å²) in [6.07, 6.45) is 1.95. The summed E-state index contributed by atoms with van der Waals surface area (Å²) >= 11 is 0. The third-order valence-corrected chi connectivity index (χ3v) is 9.69. The van der Waals surface area contributed by atoms with E-state index >= 15 is 0 Å². The molecule has 0 heterocycles. The predicted octanol–water partition coefficient (Wildman–Crippen LogP) is 3.38. The van der Waals surface area contributed by atoms with Crippen LogP contribution in [0.1, 0.15) is 18.9 Å². The van der Waals surface area contributed by atoms with Gasteiger partial charge in [0.05, 0.1) is 0 Å². The molecule has 1 aromatic carbocycles. The zero-order chi connectivity index (χ0) is 19.2. The molecule has 8 heteroatoms. The lowest BCUT2D eigenvalue weighted by Gasteiger charge is -2.24. The second-order valence-electron chi connectivity index (χ2n) is 5.33. The summed E-state index contributed by atoms with van der Waals surface area (Å²) in [6.45, 7) is 2.08. The van der Waals surface area contributed by atoms with Crippen molar-refractivity contribution in [2.24, 2.45) is 0 Å². The van der Waals surface area contributed by atoms with Crippen molar-refractivity contribution in [1.82, 2.24) is 0 Å². The fourth-order valence-electron chi connectivity index (χ4n) is 2.36. The molecule has 0 N–H and O–H groups in total. The second-order valence-corrected chi connectivity index (χ2v) is 11.5. The third kappa shape index (κ3) is 8.56. The molecule has 25 heavy (non-hydrogen) atoms. The number of hydrogen-bond acceptors (Lipinski definition) is 6. The molecule has 0 aliphatic carbocycles. The van der Waals surface area contributed by atoms with Gasteiger partial charge in [-0.15, -0.1) is 0 Å². The summed E-state index contributed by atoms with van der Waals surface area (Å²) in [7, 11) is 5.21. The first-order valence-corrected chi connectivity index (χ1v) is 12.2. The lowest BCUT2D eigenvalue weighted by molar-refractivity contribution is 0.123. The van der Waals surface area contributed by atoms with Crippen LogP contribution in [0.25, 0.3) is 0 Å². The van der Waals surface area contributed by atoms with E-state index in [2.05, 4.69) is 19.1 Å². The van der Waals surface area contributed by atoms with Crippen molar-refractivity contribution in [3.05, 3.63) is 35.9 Å². The van der Waals surface area contributed by atoms with Crippen LogP contribution in [0.4, 0.5) is 0 Å². The fraction of sp³-hybridized carbons (Fsp3) is 0.647. The highest BCUT2D eigenvalue weighted by molar-refractivity contribution is 6.60. The van der Waals surface area contributed by atoms with Gasteiger partial charge in [-0.25, -0.2) is 0 Å². The van der Waals surface area contributed by atoms with Crippen LogP contribution in [0.5, 0.6) is 0 Å². The Hall–Kier alpha value is -0.586. The Balaban J connectivity index is 0.000000504. The molecular weight excluding hydrogens is 356 g/mol. The summed E-state index contributed by atoms with van der Waals surface area (Å²) in [5.41, 5.74) is 1.28. The molecule has 0 fully saturated rings. The van der Waals surface area contributed by atoms with E-state index in [9.17, 15) is 0 Å². The average molecular weight is 391 g/mol. The molecule has 0 aliphatic rings. The zero-order valence-electron chi connectivity index (χ0n) is 16.7. The van der Waals surface area contributed by atoms with Crippen LogP contribution >= 0.6 is 0 Å². The molecule has 0 saturated carbocycles. The van der Waals surface area contributed by atoms with Crippen molar-refractivity contribution in [3.8, 4) is 0 Å². The van der Waals surface area contributed by atoms with Gasteiger partial charge >= 0.3 is 17.6 Å². The molecule has 6 nitrogen and oxygen atoms in total. The molecule has 0 amide bonds. The Bertz CT molecular complexity index is 408. The van der Waals surface area contributed by atoms with Crippen LogP contribution in [-0.4, -0.2) is 60.3 Å². The van der Waals surface area contributed by atoms with Crippen LogP contribution in [-0.2, 0) is 33.0 Å². The molecule has 0 aliphatic heterocycles. The molecular formula is C17H34O6Si2. The van der Waals surface area contributed by atoms with Crippen LogP contribution in [0.15, 0.2) is 30.3 Å². The van der Waals surface area contributed by atoms with Gasteiger partial charge < -0.3 is 26.6 Å². The Morgan fingerprint density at radius 3 is 1.36 bits per heavy atom. The molecule has 0 spiro atoms. The van der Waals surface area contributed by atoms with Crippen molar-refractivity contribution < 1.29 is 26.6 Å². The van der Waals surface area contributed by atoms with Crippen molar-refractivity contribution in [1.29, 1.82) is 0 Å². The lowest BCUT2D eigenvalue weighted by Crippen LogP contribution is -2.43. The predicted molar refractivity (Wildman–Crippen MR) is 104 cm³/mol. The Kier molecular flexibility index (Phi) is 13.3. The van der Waals surface area contributed by atoms with E-state index in [1.165, 1.54) is 5.56 Å². The van der Waals surface area contributed by atoms with E-state index < -0.39 is 17.6 Å². The van der Waals surface area contributed by atoms with Crippen molar-refractivity contribution in [3.63, 3.8) is 0 Å². The first-order valence-electron chi connectivity index (χ1n) is 8.35. The molecule has 0 aromatic heterocycles. The summed E-state index contributed by atoms with van der Waals surface area (Å²) < 4.78 is 31.6. The molecule has 0 atom stereocenters. The molecule has 146 valence electrons. The van der Waals surface area contributed by atoms with Crippen molar-refractivity contribution >= 4 is 17.6 Å². The van der Waals surface area contributed by atoms with E-state index in [1.54, 1.807) is 42.7 Å². The maximum Gasteiger partial charge on any atom is 0.500 e. The zero-order valence-corrected chi connectivity index (χ0v) is 18.7. The van der Waals surface area contributed by atoms with Gasteiger partial charge in [-0.1, -0.05) is 43.7 Å². The minimum absolute atomic E-state index is 0.806. The second kappa shape index (κ2) is 13.6. The van der Waals surface area contributed by atoms with Gasteiger partial charge in [0.2, 0.25) is 0 Å². The van der Waals surface area contributed by atoms with Gasteiger partial charge in [-0.05, 0) is 12.0 Å². The Labute approximate surface area is 155 Å². The van der Waals surface area contributed by atoms with Crippen LogP contribution < -0.4 is 0 Å².